The van der Waals surface area contributed by atoms with Crippen molar-refractivity contribution in [1.29, 1.82) is 0 Å². The molecule has 0 aliphatic rings. The van der Waals surface area contributed by atoms with Crippen molar-refractivity contribution < 1.29 is 0 Å². The molecule has 0 fully saturated rings. The number of rotatable bonds is 8. The highest BCUT2D eigenvalue weighted by Gasteiger charge is 2.03. The van der Waals surface area contributed by atoms with Gasteiger partial charge in [-0.25, -0.2) is 0 Å². The number of aromatic nitrogens is 1. The lowest BCUT2D eigenvalue weighted by atomic mass is 10.3. The maximum Gasteiger partial charge on any atom is 0.0564 e. The molecule has 4 heteroatoms. The number of likely N-dealkylation sites (N-methyl/N-ethyl adjacent to an activating group) is 2. The quantitative estimate of drug-likeness (QED) is 0.763. The third-order valence-electron chi connectivity index (χ3n) is 2.76. The minimum absolute atomic E-state index is 0.898. The third-order valence-corrected chi connectivity index (χ3v) is 2.76. The molecule has 4 nitrogen and oxygen atoms in total. The van der Waals surface area contributed by atoms with Crippen LogP contribution in [0.4, 0.5) is 5.69 Å². The summed E-state index contributed by atoms with van der Waals surface area (Å²) in [6, 6.07) is 4.17. The predicted molar refractivity (Wildman–Crippen MR) is 77.9 cm³/mol. The molecule has 0 unspecified atom stereocenters. The van der Waals surface area contributed by atoms with E-state index in [2.05, 4.69) is 54.2 Å². The van der Waals surface area contributed by atoms with Crippen molar-refractivity contribution in [2.45, 2.75) is 19.9 Å². The van der Waals surface area contributed by atoms with Crippen LogP contribution in [0.1, 0.15) is 19.0 Å². The smallest absolute Gasteiger partial charge is 0.0564 e. The van der Waals surface area contributed by atoms with E-state index >= 15 is 0 Å². The molecule has 102 valence electrons. The van der Waals surface area contributed by atoms with Crippen molar-refractivity contribution in [3.8, 4) is 0 Å². The van der Waals surface area contributed by atoms with E-state index in [1.54, 1.807) is 0 Å². The van der Waals surface area contributed by atoms with Gasteiger partial charge in [-0.1, -0.05) is 6.92 Å². The fraction of sp³-hybridized carbons (Fsp3) is 0.643. The Morgan fingerprint density at radius 3 is 2.67 bits per heavy atom. The van der Waals surface area contributed by atoms with Gasteiger partial charge in [-0.05, 0) is 39.7 Å². The Hall–Kier alpha value is -1.13. The molecule has 0 aromatic carbocycles. The van der Waals surface area contributed by atoms with Crippen LogP contribution in [0, 0.1) is 0 Å². The van der Waals surface area contributed by atoms with Crippen LogP contribution < -0.4 is 5.32 Å². The van der Waals surface area contributed by atoms with Gasteiger partial charge < -0.3 is 10.2 Å². The average Bonchev–Trinajstić information content (AvgIpc) is 2.34. The van der Waals surface area contributed by atoms with Crippen molar-refractivity contribution in [1.82, 2.24) is 14.8 Å². The zero-order valence-electron chi connectivity index (χ0n) is 12.1. The Bertz CT molecular complexity index is 338. The summed E-state index contributed by atoms with van der Waals surface area (Å²) >= 11 is 0. The maximum absolute atomic E-state index is 4.42. The molecular formula is C14H26N4. The van der Waals surface area contributed by atoms with Gasteiger partial charge in [-0.3, -0.25) is 9.88 Å². The van der Waals surface area contributed by atoms with Gasteiger partial charge in [0.2, 0.25) is 0 Å². The highest BCUT2D eigenvalue weighted by molar-refractivity contribution is 5.43. The van der Waals surface area contributed by atoms with Crippen LogP contribution in [-0.4, -0.2) is 55.6 Å². The highest BCUT2D eigenvalue weighted by Crippen LogP contribution is 2.09. The zero-order chi connectivity index (χ0) is 13.4. The Morgan fingerprint density at radius 2 is 2.00 bits per heavy atom. The van der Waals surface area contributed by atoms with Gasteiger partial charge in [0.15, 0.2) is 0 Å². The van der Waals surface area contributed by atoms with E-state index in [0.29, 0.717) is 0 Å². The van der Waals surface area contributed by atoms with Crippen LogP contribution >= 0.6 is 0 Å². The fourth-order valence-corrected chi connectivity index (χ4v) is 1.67. The molecule has 0 saturated heterocycles. The molecule has 0 bridgehead atoms. The summed E-state index contributed by atoms with van der Waals surface area (Å²) in [4.78, 5) is 8.91. The second kappa shape index (κ2) is 8.06. The Kier molecular flexibility index (Phi) is 6.68. The summed E-state index contributed by atoms with van der Waals surface area (Å²) in [5.41, 5.74) is 2.29. The van der Waals surface area contributed by atoms with Crippen molar-refractivity contribution in [2.24, 2.45) is 0 Å². The third kappa shape index (κ3) is 5.98. The SMILES string of the molecule is CCCNc1ccnc(CN(C)CCN(C)C)c1. The van der Waals surface area contributed by atoms with E-state index in [4.69, 9.17) is 0 Å². The number of nitrogens with zero attached hydrogens (tertiary/aromatic N) is 3. The first kappa shape index (κ1) is 14.9. The van der Waals surface area contributed by atoms with Gasteiger partial charge in [-0.15, -0.1) is 0 Å². The van der Waals surface area contributed by atoms with Gasteiger partial charge in [0.1, 0.15) is 0 Å². The predicted octanol–water partition coefficient (Wildman–Crippen LogP) is 1.90. The number of nitrogens with one attached hydrogen (secondary N) is 1. The van der Waals surface area contributed by atoms with Gasteiger partial charge in [0.25, 0.3) is 0 Å². The summed E-state index contributed by atoms with van der Waals surface area (Å²) in [5.74, 6) is 0. The van der Waals surface area contributed by atoms with E-state index in [1.165, 1.54) is 5.69 Å². The number of pyridine rings is 1. The van der Waals surface area contributed by atoms with Crippen LogP contribution in [0.2, 0.25) is 0 Å². The van der Waals surface area contributed by atoms with Gasteiger partial charge >= 0.3 is 0 Å². The van der Waals surface area contributed by atoms with Gasteiger partial charge in [0, 0.05) is 38.1 Å². The largest absolute Gasteiger partial charge is 0.385 e. The molecule has 0 aliphatic carbocycles. The molecule has 1 heterocycles. The van der Waals surface area contributed by atoms with Crippen molar-refractivity contribution in [3.63, 3.8) is 0 Å². The molecule has 0 radical (unpaired) electrons. The fourth-order valence-electron chi connectivity index (χ4n) is 1.67. The normalized spacial score (nSPS) is 11.2. The van der Waals surface area contributed by atoms with Gasteiger partial charge in [-0.2, -0.15) is 0 Å². The minimum Gasteiger partial charge on any atom is -0.385 e. The monoisotopic (exact) mass is 250 g/mol. The molecule has 0 aliphatic heterocycles. The molecule has 0 amide bonds. The van der Waals surface area contributed by atoms with Crippen molar-refractivity contribution in [2.75, 3.05) is 46.1 Å². The lowest BCUT2D eigenvalue weighted by Gasteiger charge is -2.19. The molecular weight excluding hydrogens is 224 g/mol. The van der Waals surface area contributed by atoms with Crippen molar-refractivity contribution >= 4 is 5.69 Å². The number of hydrogen-bond donors (Lipinski definition) is 1. The summed E-state index contributed by atoms with van der Waals surface area (Å²) in [6.45, 7) is 6.21. The lowest BCUT2D eigenvalue weighted by Crippen LogP contribution is -2.28. The van der Waals surface area contributed by atoms with Crippen molar-refractivity contribution in [3.05, 3.63) is 24.0 Å². The molecule has 0 saturated carbocycles. The summed E-state index contributed by atoms with van der Waals surface area (Å²) in [5, 5.41) is 3.39. The van der Waals surface area contributed by atoms with Crippen LogP contribution in [0.5, 0.6) is 0 Å². The van der Waals surface area contributed by atoms with Crippen LogP contribution in [0.15, 0.2) is 18.3 Å². The molecule has 0 atom stereocenters. The lowest BCUT2D eigenvalue weighted by molar-refractivity contribution is 0.274. The van der Waals surface area contributed by atoms with E-state index in [0.717, 1.165) is 38.3 Å². The Labute approximate surface area is 111 Å². The molecule has 1 rings (SSSR count). The van der Waals surface area contributed by atoms with Crippen LogP contribution in [-0.2, 0) is 6.54 Å². The zero-order valence-corrected chi connectivity index (χ0v) is 12.1. The summed E-state index contributed by atoms with van der Waals surface area (Å²) in [6.07, 6.45) is 3.02. The minimum atomic E-state index is 0.898. The highest BCUT2D eigenvalue weighted by atomic mass is 15.2. The standard InChI is InChI=1S/C14H26N4/c1-5-7-15-13-6-8-16-14(11-13)12-18(4)10-9-17(2)3/h6,8,11H,5,7,9-10,12H2,1-4H3,(H,15,16). The molecule has 1 aromatic heterocycles. The first-order chi connectivity index (χ1) is 8.61. The number of anilines is 1. The van der Waals surface area contributed by atoms with Crippen LogP contribution in [0.3, 0.4) is 0 Å². The Morgan fingerprint density at radius 1 is 1.22 bits per heavy atom. The van der Waals surface area contributed by atoms with Crippen LogP contribution in [0.25, 0.3) is 0 Å². The second-order valence-electron chi connectivity index (χ2n) is 5.00. The molecule has 0 spiro atoms. The van der Waals surface area contributed by atoms with E-state index in [-0.39, 0.29) is 0 Å². The number of hydrogen-bond acceptors (Lipinski definition) is 4. The molecule has 1 aromatic rings. The maximum atomic E-state index is 4.42. The summed E-state index contributed by atoms with van der Waals surface area (Å²) in [7, 11) is 6.33. The summed E-state index contributed by atoms with van der Waals surface area (Å²) < 4.78 is 0. The first-order valence-corrected chi connectivity index (χ1v) is 6.64. The topological polar surface area (TPSA) is 31.4 Å². The first-order valence-electron chi connectivity index (χ1n) is 6.64. The van der Waals surface area contributed by atoms with E-state index in [1.807, 2.05) is 12.3 Å². The second-order valence-corrected chi connectivity index (χ2v) is 5.00. The van der Waals surface area contributed by atoms with E-state index < -0.39 is 0 Å². The van der Waals surface area contributed by atoms with Gasteiger partial charge in [0.05, 0.1) is 5.69 Å². The average molecular weight is 250 g/mol. The molecule has 1 N–H and O–H groups in total. The Balaban J connectivity index is 2.45. The molecule has 18 heavy (non-hydrogen) atoms. The van der Waals surface area contributed by atoms with E-state index in [9.17, 15) is 0 Å².